The molecular weight excluding hydrogens is 210 g/mol. The van der Waals surface area contributed by atoms with Gasteiger partial charge < -0.3 is 4.52 Å². The van der Waals surface area contributed by atoms with E-state index in [0.29, 0.717) is 11.7 Å². The zero-order valence-electron chi connectivity index (χ0n) is 8.54. The molecule has 0 bridgehead atoms. The van der Waals surface area contributed by atoms with E-state index in [4.69, 9.17) is 4.52 Å². The summed E-state index contributed by atoms with van der Waals surface area (Å²) in [7, 11) is 0. The number of aryl methyl sites for hydroxylation is 1. The highest BCUT2D eigenvalue weighted by Crippen LogP contribution is 2.32. The summed E-state index contributed by atoms with van der Waals surface area (Å²) < 4.78 is 5.09. The average molecular weight is 221 g/mol. The fourth-order valence-electron chi connectivity index (χ4n) is 1.13. The summed E-state index contributed by atoms with van der Waals surface area (Å²) >= 11 is 1.60. The predicted molar refractivity (Wildman–Crippen MR) is 57.5 cm³/mol. The van der Waals surface area contributed by atoms with Gasteiger partial charge in [-0.05, 0) is 26.0 Å². The molecule has 2 rings (SSSR count). The Morgan fingerprint density at radius 2 is 2.27 bits per heavy atom. The van der Waals surface area contributed by atoms with E-state index in [-0.39, 0.29) is 5.25 Å². The number of hydrogen-bond acceptors (Lipinski definition) is 5. The molecule has 0 radical (unpaired) electrons. The van der Waals surface area contributed by atoms with Gasteiger partial charge in [-0.1, -0.05) is 23.0 Å². The third-order valence-electron chi connectivity index (χ3n) is 1.83. The van der Waals surface area contributed by atoms with Crippen LogP contribution < -0.4 is 0 Å². The first-order valence-corrected chi connectivity index (χ1v) is 5.51. The zero-order chi connectivity index (χ0) is 10.7. The molecule has 0 aliphatic carbocycles. The summed E-state index contributed by atoms with van der Waals surface area (Å²) in [6, 6.07) is 5.82. The second kappa shape index (κ2) is 4.44. The minimum atomic E-state index is 0.126. The van der Waals surface area contributed by atoms with Crippen LogP contribution in [0.25, 0.3) is 0 Å². The van der Waals surface area contributed by atoms with Crippen LogP contribution in [0.5, 0.6) is 0 Å². The number of hydrogen-bond donors (Lipinski definition) is 0. The van der Waals surface area contributed by atoms with Crippen LogP contribution in [0.15, 0.2) is 33.9 Å². The van der Waals surface area contributed by atoms with Crippen molar-refractivity contribution in [3.63, 3.8) is 0 Å². The molecule has 1 atom stereocenters. The molecule has 0 N–H and O–H groups in total. The highest BCUT2D eigenvalue weighted by molar-refractivity contribution is 7.99. The van der Waals surface area contributed by atoms with Crippen LogP contribution in [-0.4, -0.2) is 15.1 Å². The lowest BCUT2D eigenvalue weighted by Gasteiger charge is -2.04. The summed E-state index contributed by atoms with van der Waals surface area (Å²) in [5, 5.41) is 4.84. The Morgan fingerprint density at radius 1 is 1.40 bits per heavy atom. The molecule has 1 unspecified atom stereocenters. The smallest absolute Gasteiger partial charge is 0.239 e. The molecule has 2 heterocycles. The Bertz CT molecular complexity index is 429. The quantitative estimate of drug-likeness (QED) is 0.746. The Balaban J connectivity index is 2.07. The van der Waals surface area contributed by atoms with E-state index in [1.807, 2.05) is 32.0 Å². The largest absolute Gasteiger partial charge is 0.338 e. The van der Waals surface area contributed by atoms with E-state index >= 15 is 0 Å². The van der Waals surface area contributed by atoms with E-state index in [9.17, 15) is 0 Å². The van der Waals surface area contributed by atoms with Crippen molar-refractivity contribution in [2.45, 2.75) is 24.1 Å². The van der Waals surface area contributed by atoms with Gasteiger partial charge in [0.1, 0.15) is 0 Å². The van der Waals surface area contributed by atoms with Crippen molar-refractivity contribution >= 4 is 11.8 Å². The molecule has 0 fully saturated rings. The first-order chi connectivity index (χ1) is 7.25. The highest BCUT2D eigenvalue weighted by atomic mass is 32.2. The number of thioether (sulfide) groups is 1. The van der Waals surface area contributed by atoms with Crippen molar-refractivity contribution in [1.82, 2.24) is 15.1 Å². The maximum atomic E-state index is 5.09. The van der Waals surface area contributed by atoms with Gasteiger partial charge in [0.15, 0.2) is 5.82 Å². The average Bonchev–Trinajstić information content (AvgIpc) is 2.66. The van der Waals surface area contributed by atoms with Gasteiger partial charge in [0.2, 0.25) is 5.89 Å². The fourth-order valence-corrected chi connectivity index (χ4v) is 1.96. The summed E-state index contributed by atoms with van der Waals surface area (Å²) in [5.74, 6) is 1.31. The molecule has 15 heavy (non-hydrogen) atoms. The van der Waals surface area contributed by atoms with Gasteiger partial charge in [-0.3, -0.25) is 0 Å². The Kier molecular flexibility index (Phi) is 3.01. The van der Waals surface area contributed by atoms with Crippen molar-refractivity contribution < 1.29 is 4.52 Å². The maximum absolute atomic E-state index is 5.09. The van der Waals surface area contributed by atoms with Crippen LogP contribution in [0.3, 0.4) is 0 Å². The lowest BCUT2D eigenvalue weighted by atomic mass is 10.5. The summed E-state index contributed by atoms with van der Waals surface area (Å²) in [5.41, 5.74) is 0. The Hall–Kier alpha value is -1.36. The van der Waals surface area contributed by atoms with Crippen molar-refractivity contribution in [2.24, 2.45) is 0 Å². The molecule has 4 nitrogen and oxygen atoms in total. The van der Waals surface area contributed by atoms with Crippen molar-refractivity contribution in [3.8, 4) is 0 Å². The van der Waals surface area contributed by atoms with E-state index in [1.54, 1.807) is 18.0 Å². The predicted octanol–water partition coefficient (Wildman–Crippen LogP) is 2.63. The summed E-state index contributed by atoms with van der Waals surface area (Å²) in [6.07, 6.45) is 1.77. The Morgan fingerprint density at radius 3 is 2.87 bits per heavy atom. The Labute approximate surface area is 92.1 Å². The van der Waals surface area contributed by atoms with E-state index in [1.165, 1.54) is 0 Å². The molecule has 0 saturated heterocycles. The third-order valence-corrected chi connectivity index (χ3v) is 2.86. The van der Waals surface area contributed by atoms with Gasteiger partial charge in [-0.2, -0.15) is 4.98 Å². The normalized spacial score (nSPS) is 12.7. The monoisotopic (exact) mass is 221 g/mol. The number of pyridine rings is 1. The molecule has 0 aromatic carbocycles. The molecule has 5 heteroatoms. The molecule has 0 aliphatic heterocycles. The van der Waals surface area contributed by atoms with Crippen molar-refractivity contribution in [1.29, 1.82) is 0 Å². The zero-order valence-corrected chi connectivity index (χ0v) is 9.36. The van der Waals surface area contributed by atoms with Gasteiger partial charge in [0.05, 0.1) is 10.3 Å². The number of nitrogens with zero attached hydrogens (tertiary/aromatic N) is 3. The molecule has 0 saturated carbocycles. The lowest BCUT2D eigenvalue weighted by molar-refractivity contribution is 0.376. The highest BCUT2D eigenvalue weighted by Gasteiger charge is 2.14. The van der Waals surface area contributed by atoms with Gasteiger partial charge >= 0.3 is 0 Å². The summed E-state index contributed by atoms with van der Waals surface area (Å²) in [6.45, 7) is 3.83. The fraction of sp³-hybridized carbons (Fsp3) is 0.300. The second-order valence-corrected chi connectivity index (χ2v) is 4.47. The topological polar surface area (TPSA) is 51.8 Å². The summed E-state index contributed by atoms with van der Waals surface area (Å²) in [4.78, 5) is 8.40. The first-order valence-electron chi connectivity index (χ1n) is 4.63. The van der Waals surface area contributed by atoms with E-state index in [2.05, 4.69) is 15.1 Å². The molecule has 2 aromatic heterocycles. The van der Waals surface area contributed by atoms with Gasteiger partial charge in [-0.15, -0.1) is 0 Å². The molecule has 0 spiro atoms. The lowest BCUT2D eigenvalue weighted by Crippen LogP contribution is -1.89. The minimum Gasteiger partial charge on any atom is -0.338 e. The minimum absolute atomic E-state index is 0.126. The van der Waals surface area contributed by atoms with Crippen LogP contribution in [0, 0.1) is 6.92 Å². The molecular formula is C10H11N3OS. The van der Waals surface area contributed by atoms with Crippen LogP contribution >= 0.6 is 11.8 Å². The van der Waals surface area contributed by atoms with E-state index in [0.717, 1.165) is 5.03 Å². The molecule has 2 aromatic rings. The number of rotatable bonds is 3. The van der Waals surface area contributed by atoms with E-state index < -0.39 is 0 Å². The molecule has 0 aliphatic rings. The van der Waals surface area contributed by atoms with Crippen LogP contribution in [0.1, 0.15) is 23.9 Å². The van der Waals surface area contributed by atoms with Gasteiger partial charge in [0, 0.05) is 6.20 Å². The second-order valence-electron chi connectivity index (χ2n) is 3.11. The van der Waals surface area contributed by atoms with Gasteiger partial charge in [0.25, 0.3) is 0 Å². The third kappa shape index (κ3) is 2.56. The van der Waals surface area contributed by atoms with Crippen molar-refractivity contribution in [2.75, 3.05) is 0 Å². The maximum Gasteiger partial charge on any atom is 0.239 e. The van der Waals surface area contributed by atoms with Crippen LogP contribution in [0.2, 0.25) is 0 Å². The van der Waals surface area contributed by atoms with Crippen LogP contribution in [-0.2, 0) is 0 Å². The number of aromatic nitrogens is 3. The standard InChI is InChI=1S/C10H11N3OS/c1-7(10-12-8(2)13-14-10)15-9-5-3-4-6-11-9/h3-7H,1-2H3. The molecule has 0 amide bonds. The molecule has 78 valence electrons. The van der Waals surface area contributed by atoms with Crippen molar-refractivity contribution in [3.05, 3.63) is 36.1 Å². The first kappa shape index (κ1) is 10.2. The SMILES string of the molecule is Cc1noc(C(C)Sc2ccccn2)n1. The van der Waals surface area contributed by atoms with Gasteiger partial charge in [-0.25, -0.2) is 4.98 Å². The van der Waals surface area contributed by atoms with Crippen LogP contribution in [0.4, 0.5) is 0 Å².